The van der Waals surface area contributed by atoms with Crippen molar-refractivity contribution in [1.29, 1.82) is 0 Å². The van der Waals surface area contributed by atoms with Gasteiger partial charge in [-0.05, 0) is 52.9 Å². The van der Waals surface area contributed by atoms with Gasteiger partial charge in [-0.2, -0.15) is 0 Å². The number of rotatable bonds is 26. The lowest BCUT2D eigenvalue weighted by Gasteiger charge is -2.46. The van der Waals surface area contributed by atoms with E-state index in [0.717, 1.165) is 70.6 Å². The predicted octanol–water partition coefficient (Wildman–Crippen LogP) is 7.10. The van der Waals surface area contributed by atoms with E-state index in [1.807, 2.05) is 6.08 Å². The molecule has 0 aromatic rings. The van der Waals surface area contributed by atoms with Gasteiger partial charge >= 0.3 is 6.09 Å². The molecular formula is C36H69NO9. The quantitative estimate of drug-likeness (QED) is 0.0741. The number of aliphatic hydroxyl groups excluding tert-OH is 1. The maximum atomic E-state index is 12.8. The molecule has 0 aliphatic carbocycles. The molecule has 1 saturated heterocycles. The molecule has 0 spiro atoms. The first-order valence-corrected chi connectivity index (χ1v) is 18.1. The Balaban J connectivity index is 3.34. The Morgan fingerprint density at radius 1 is 0.783 bits per heavy atom. The molecule has 1 amide bonds. The molecular weight excluding hydrogens is 590 g/mol. The second kappa shape index (κ2) is 25.7. The first-order chi connectivity index (χ1) is 22.1. The van der Waals surface area contributed by atoms with E-state index >= 15 is 0 Å². The van der Waals surface area contributed by atoms with Crippen LogP contribution >= 0.6 is 0 Å². The number of amides is 1. The third-order valence-electron chi connectivity index (χ3n) is 7.55. The fourth-order valence-electron chi connectivity index (χ4n) is 4.83. The predicted molar refractivity (Wildman–Crippen MR) is 182 cm³/mol. The van der Waals surface area contributed by atoms with Crippen LogP contribution in [0.1, 0.15) is 126 Å². The van der Waals surface area contributed by atoms with Gasteiger partial charge in [0.15, 0.2) is 6.29 Å². The maximum absolute atomic E-state index is 12.8. The highest BCUT2D eigenvalue weighted by Crippen LogP contribution is 2.30. The number of alkyl carbamates (subject to hydrolysis) is 1. The fourth-order valence-corrected chi connectivity index (χ4v) is 4.83. The average molecular weight is 660 g/mol. The van der Waals surface area contributed by atoms with Crippen LogP contribution in [0, 0.1) is 0 Å². The highest BCUT2D eigenvalue weighted by Gasteiger charge is 2.49. The summed E-state index contributed by atoms with van der Waals surface area (Å²) in [7, 11) is 0. The van der Waals surface area contributed by atoms with Crippen LogP contribution in [0.2, 0.25) is 0 Å². The van der Waals surface area contributed by atoms with E-state index in [2.05, 4.69) is 39.9 Å². The Bertz CT molecular complexity index is 775. The molecule has 272 valence electrons. The summed E-state index contributed by atoms with van der Waals surface area (Å²) in [5, 5.41) is 13.9. The van der Waals surface area contributed by atoms with E-state index in [1.165, 1.54) is 0 Å². The Kier molecular flexibility index (Phi) is 23.9. The van der Waals surface area contributed by atoms with Gasteiger partial charge in [-0.1, -0.05) is 85.3 Å². The van der Waals surface area contributed by atoms with Crippen molar-refractivity contribution >= 4 is 6.09 Å². The summed E-state index contributed by atoms with van der Waals surface area (Å²) in [4.78, 5) is 12.8. The molecule has 46 heavy (non-hydrogen) atoms. The number of hydrogen-bond donors (Lipinski definition) is 2. The minimum atomic E-state index is -0.998. The fraction of sp³-hybridized carbons (Fsp3) is 0.917. The molecule has 1 rings (SSSR count). The van der Waals surface area contributed by atoms with Gasteiger partial charge in [0.2, 0.25) is 0 Å². The number of unbranched alkanes of at least 4 members (excludes halogenated alkanes) is 6. The highest BCUT2D eigenvalue weighted by molar-refractivity contribution is 5.68. The van der Waals surface area contributed by atoms with E-state index in [9.17, 15) is 9.90 Å². The number of carbonyl (C=O) groups is 1. The van der Waals surface area contributed by atoms with Gasteiger partial charge in [0.25, 0.3) is 0 Å². The van der Waals surface area contributed by atoms with Crippen molar-refractivity contribution in [3.05, 3.63) is 12.2 Å². The van der Waals surface area contributed by atoms with Crippen molar-refractivity contribution in [2.75, 3.05) is 39.6 Å². The number of carbonyl (C=O) groups excluding carboxylic acids is 1. The van der Waals surface area contributed by atoms with E-state index in [4.69, 9.17) is 33.2 Å². The lowest BCUT2D eigenvalue weighted by molar-refractivity contribution is -0.325. The number of aliphatic hydroxyl groups is 1. The van der Waals surface area contributed by atoms with Gasteiger partial charge in [-0.15, -0.1) is 0 Å². The largest absolute Gasteiger partial charge is 0.444 e. The van der Waals surface area contributed by atoms with Crippen LogP contribution < -0.4 is 5.32 Å². The van der Waals surface area contributed by atoms with Crippen molar-refractivity contribution in [3.63, 3.8) is 0 Å². The Labute approximate surface area is 280 Å². The Morgan fingerprint density at radius 2 is 1.33 bits per heavy atom. The van der Waals surface area contributed by atoms with Crippen LogP contribution in [0.15, 0.2) is 12.2 Å². The molecule has 0 aromatic carbocycles. The van der Waals surface area contributed by atoms with Gasteiger partial charge in [0, 0.05) is 26.4 Å². The highest BCUT2D eigenvalue weighted by atomic mass is 16.7. The first-order valence-electron chi connectivity index (χ1n) is 18.1. The van der Waals surface area contributed by atoms with Gasteiger partial charge in [0.05, 0.1) is 25.4 Å². The Hall–Kier alpha value is -1.27. The molecule has 1 fully saturated rings. The van der Waals surface area contributed by atoms with Crippen LogP contribution in [-0.4, -0.2) is 99.3 Å². The van der Waals surface area contributed by atoms with Gasteiger partial charge in [-0.3, -0.25) is 0 Å². The molecule has 1 heterocycles. The van der Waals surface area contributed by atoms with E-state index in [0.29, 0.717) is 33.0 Å². The summed E-state index contributed by atoms with van der Waals surface area (Å²) in [5.74, 6) is 0. The molecule has 3 unspecified atom stereocenters. The third-order valence-corrected chi connectivity index (χ3v) is 7.55. The molecule has 1 aliphatic rings. The van der Waals surface area contributed by atoms with Crippen molar-refractivity contribution in [2.45, 2.75) is 174 Å². The summed E-state index contributed by atoms with van der Waals surface area (Å²) in [6.45, 7) is 18.6. The zero-order valence-corrected chi connectivity index (χ0v) is 30.4. The van der Waals surface area contributed by atoms with Crippen LogP contribution in [0.5, 0.6) is 0 Å². The molecule has 2 N–H and O–H groups in total. The van der Waals surface area contributed by atoms with E-state index in [1.54, 1.807) is 26.8 Å². The SMILES string of the molecule is CCCC/C=C/[C@@H](O)[C@H](CO[C@H]1OC(COCCCC)[C@H](OCCCC)C(OCCCC)C1OCCCC)NC(=O)OC(C)(C)C. The van der Waals surface area contributed by atoms with E-state index in [-0.39, 0.29) is 6.61 Å². The molecule has 1 aliphatic heterocycles. The van der Waals surface area contributed by atoms with Gasteiger partial charge in [0.1, 0.15) is 30.0 Å². The standard InChI is InChI=1S/C36H69NO9/c1-9-14-19-20-21-29(38)28(37-35(39)46-36(6,7)8)26-44-34-33(43-25-18-13-5)32(42-24-17-12-4)31(41-23-16-11-3)30(45-34)27-40-22-15-10-2/h20-21,28-34,38H,9-19,22-27H2,1-8H3,(H,37,39)/b21-20+/t28-,29+,30?,31-,32?,33?,34-/m0/s1. The average Bonchev–Trinajstić information content (AvgIpc) is 3.00. The summed E-state index contributed by atoms with van der Waals surface area (Å²) in [6, 6.07) is -0.787. The molecule has 10 heteroatoms. The number of nitrogens with one attached hydrogen (secondary N) is 1. The third kappa shape index (κ3) is 18.3. The van der Waals surface area contributed by atoms with Crippen molar-refractivity contribution in [2.24, 2.45) is 0 Å². The summed E-state index contributed by atoms with van der Waals surface area (Å²) in [5.41, 5.74) is -0.692. The van der Waals surface area contributed by atoms with Crippen LogP contribution in [-0.2, 0) is 33.2 Å². The number of ether oxygens (including phenoxy) is 7. The minimum absolute atomic E-state index is 0.0384. The molecule has 0 bridgehead atoms. The van der Waals surface area contributed by atoms with Crippen LogP contribution in [0.25, 0.3) is 0 Å². The van der Waals surface area contributed by atoms with E-state index < -0.39 is 54.5 Å². The zero-order valence-electron chi connectivity index (χ0n) is 30.4. The second-order valence-electron chi connectivity index (χ2n) is 13.2. The Morgan fingerprint density at radius 3 is 1.89 bits per heavy atom. The number of allylic oxidation sites excluding steroid dienone is 1. The maximum Gasteiger partial charge on any atom is 0.408 e. The summed E-state index contributed by atoms with van der Waals surface area (Å²) >= 11 is 0. The molecule has 0 aromatic heterocycles. The summed E-state index contributed by atoms with van der Waals surface area (Å²) in [6.07, 6.45) is 9.86. The monoisotopic (exact) mass is 659 g/mol. The van der Waals surface area contributed by atoms with Crippen LogP contribution in [0.3, 0.4) is 0 Å². The minimum Gasteiger partial charge on any atom is -0.444 e. The van der Waals surface area contributed by atoms with Crippen molar-refractivity contribution in [1.82, 2.24) is 5.32 Å². The molecule has 7 atom stereocenters. The van der Waals surface area contributed by atoms with Gasteiger partial charge in [-0.25, -0.2) is 4.79 Å². The lowest BCUT2D eigenvalue weighted by atomic mass is 9.98. The van der Waals surface area contributed by atoms with Crippen LogP contribution in [0.4, 0.5) is 4.79 Å². The molecule has 0 radical (unpaired) electrons. The number of hydrogen-bond acceptors (Lipinski definition) is 9. The lowest BCUT2D eigenvalue weighted by Crippen LogP contribution is -2.62. The molecule has 0 saturated carbocycles. The topological polar surface area (TPSA) is 114 Å². The summed E-state index contributed by atoms with van der Waals surface area (Å²) < 4.78 is 44.0. The normalized spacial score (nSPS) is 23.5. The van der Waals surface area contributed by atoms with Crippen molar-refractivity contribution < 1.29 is 43.1 Å². The molecule has 10 nitrogen and oxygen atoms in total. The zero-order chi connectivity index (χ0) is 34.2. The first kappa shape index (κ1) is 42.8. The van der Waals surface area contributed by atoms with Crippen molar-refractivity contribution in [3.8, 4) is 0 Å². The smallest absolute Gasteiger partial charge is 0.408 e. The van der Waals surface area contributed by atoms with Gasteiger partial charge < -0.3 is 43.6 Å². The second-order valence-corrected chi connectivity index (χ2v) is 13.2.